The molecule has 0 unspecified atom stereocenters. The van der Waals surface area contributed by atoms with Crippen molar-refractivity contribution in [2.24, 2.45) is 0 Å². The summed E-state index contributed by atoms with van der Waals surface area (Å²) in [6.45, 7) is 8.70. The third-order valence-corrected chi connectivity index (χ3v) is 4.63. The summed E-state index contributed by atoms with van der Waals surface area (Å²) in [4.78, 5) is 12.4. The highest BCUT2D eigenvalue weighted by Crippen LogP contribution is 2.29. The number of unbranched alkanes of at least 4 members (excludes halogenated alkanes) is 1. The summed E-state index contributed by atoms with van der Waals surface area (Å²) in [6, 6.07) is 14.0. The summed E-state index contributed by atoms with van der Waals surface area (Å²) in [5.74, 6) is 1.75. The van der Waals surface area contributed by atoms with Crippen LogP contribution in [0.15, 0.2) is 42.5 Å². The number of para-hydroxylation sites is 1. The van der Waals surface area contributed by atoms with E-state index in [0.717, 1.165) is 35.5 Å². The van der Waals surface area contributed by atoms with E-state index in [4.69, 9.17) is 9.47 Å². The van der Waals surface area contributed by atoms with E-state index < -0.39 is 5.54 Å². The molecule has 0 aliphatic heterocycles. The number of hydrogen-bond donors (Lipinski definition) is 1. The number of carbonyl (C=O) groups excluding carboxylic acids is 1. The second-order valence-corrected chi connectivity index (χ2v) is 7.45. The minimum atomic E-state index is -0.487. The van der Waals surface area contributed by atoms with Crippen molar-refractivity contribution in [2.45, 2.75) is 52.5 Å². The molecular weight excluding hydrogens is 338 g/mol. The number of hydrogen-bond acceptors (Lipinski definition) is 3. The number of benzene rings is 2. The molecule has 146 valence electrons. The van der Waals surface area contributed by atoms with Crippen molar-refractivity contribution in [1.29, 1.82) is 0 Å². The molecule has 0 atom stereocenters. The van der Waals surface area contributed by atoms with Crippen molar-refractivity contribution in [3.63, 3.8) is 0 Å². The number of nitrogens with one attached hydrogen (secondary N) is 1. The van der Waals surface area contributed by atoms with Gasteiger partial charge in [-0.15, -0.1) is 0 Å². The largest absolute Gasteiger partial charge is 0.496 e. The van der Waals surface area contributed by atoms with Gasteiger partial charge in [-0.1, -0.05) is 30.3 Å². The first kappa shape index (κ1) is 20.8. The quantitative estimate of drug-likeness (QED) is 0.639. The van der Waals surface area contributed by atoms with Crippen molar-refractivity contribution >= 4 is 5.91 Å². The molecule has 0 saturated carbocycles. The van der Waals surface area contributed by atoms with Gasteiger partial charge in [0.1, 0.15) is 11.5 Å². The smallest absolute Gasteiger partial charge is 0.220 e. The lowest BCUT2D eigenvalue weighted by Crippen LogP contribution is -2.41. The van der Waals surface area contributed by atoms with Gasteiger partial charge in [0.2, 0.25) is 5.91 Å². The van der Waals surface area contributed by atoms with E-state index in [2.05, 4.69) is 30.4 Å². The Labute approximate surface area is 162 Å². The summed E-state index contributed by atoms with van der Waals surface area (Å²) < 4.78 is 11.3. The van der Waals surface area contributed by atoms with Crippen LogP contribution in [0.25, 0.3) is 0 Å². The highest BCUT2D eigenvalue weighted by atomic mass is 16.5. The fraction of sp³-hybridized carbons (Fsp3) is 0.435. The predicted octanol–water partition coefficient (Wildman–Crippen LogP) is 4.91. The molecule has 0 bridgehead atoms. The monoisotopic (exact) mass is 369 g/mol. The van der Waals surface area contributed by atoms with Gasteiger partial charge in [-0.05, 0) is 63.8 Å². The van der Waals surface area contributed by atoms with Crippen molar-refractivity contribution in [3.05, 3.63) is 59.2 Å². The van der Waals surface area contributed by atoms with E-state index in [0.29, 0.717) is 13.0 Å². The number of aryl methyl sites for hydroxylation is 2. The van der Waals surface area contributed by atoms with Crippen molar-refractivity contribution in [1.82, 2.24) is 5.32 Å². The summed E-state index contributed by atoms with van der Waals surface area (Å²) in [6.07, 6.45) is 2.11. The molecule has 4 heteroatoms. The molecule has 2 aromatic carbocycles. The SMILES string of the molecule is COc1ccccc1C(C)(C)NC(=O)CCCCOc1cc(C)ccc1C. The van der Waals surface area contributed by atoms with E-state index >= 15 is 0 Å². The molecule has 0 aliphatic rings. The van der Waals surface area contributed by atoms with Gasteiger partial charge in [-0.2, -0.15) is 0 Å². The first-order valence-electron chi connectivity index (χ1n) is 9.48. The molecule has 4 nitrogen and oxygen atoms in total. The van der Waals surface area contributed by atoms with E-state index in [1.807, 2.05) is 45.0 Å². The third kappa shape index (κ3) is 6.02. The molecule has 1 N–H and O–H groups in total. The Morgan fingerprint density at radius 1 is 1.04 bits per heavy atom. The van der Waals surface area contributed by atoms with Gasteiger partial charge in [-0.25, -0.2) is 0 Å². The molecule has 2 aromatic rings. The Kier molecular flexibility index (Phi) is 7.28. The zero-order valence-corrected chi connectivity index (χ0v) is 17.1. The van der Waals surface area contributed by atoms with Crippen molar-refractivity contribution in [3.8, 4) is 11.5 Å². The van der Waals surface area contributed by atoms with Gasteiger partial charge in [0.15, 0.2) is 0 Å². The first-order valence-corrected chi connectivity index (χ1v) is 9.48. The molecule has 0 heterocycles. The first-order chi connectivity index (χ1) is 12.8. The van der Waals surface area contributed by atoms with Gasteiger partial charge >= 0.3 is 0 Å². The maximum atomic E-state index is 12.4. The van der Waals surface area contributed by atoms with Gasteiger partial charge in [0, 0.05) is 12.0 Å². The summed E-state index contributed by atoms with van der Waals surface area (Å²) >= 11 is 0. The van der Waals surface area contributed by atoms with Crippen molar-refractivity contribution < 1.29 is 14.3 Å². The van der Waals surface area contributed by atoms with Crippen LogP contribution in [0, 0.1) is 13.8 Å². The molecule has 0 aromatic heterocycles. The van der Waals surface area contributed by atoms with E-state index in [1.54, 1.807) is 7.11 Å². The normalized spacial score (nSPS) is 11.1. The predicted molar refractivity (Wildman–Crippen MR) is 109 cm³/mol. The Morgan fingerprint density at radius 3 is 2.52 bits per heavy atom. The Balaban J connectivity index is 1.78. The third-order valence-electron chi connectivity index (χ3n) is 4.63. The number of ether oxygens (including phenoxy) is 2. The van der Waals surface area contributed by atoms with Gasteiger partial charge in [0.25, 0.3) is 0 Å². The molecule has 0 saturated heterocycles. The number of rotatable bonds is 9. The summed E-state index contributed by atoms with van der Waals surface area (Å²) in [5, 5.41) is 3.11. The lowest BCUT2D eigenvalue weighted by Gasteiger charge is -2.28. The Hall–Kier alpha value is -2.49. The number of amides is 1. The molecule has 0 aliphatic carbocycles. The molecule has 0 radical (unpaired) electrons. The topological polar surface area (TPSA) is 47.6 Å². The maximum Gasteiger partial charge on any atom is 0.220 e. The van der Waals surface area contributed by atoms with Crippen molar-refractivity contribution in [2.75, 3.05) is 13.7 Å². The van der Waals surface area contributed by atoms with Gasteiger partial charge < -0.3 is 14.8 Å². The molecule has 0 spiro atoms. The average molecular weight is 370 g/mol. The fourth-order valence-electron chi connectivity index (χ4n) is 3.07. The van der Waals surface area contributed by atoms with Crippen LogP contribution in [0.5, 0.6) is 11.5 Å². The summed E-state index contributed by atoms with van der Waals surface area (Å²) in [7, 11) is 1.65. The summed E-state index contributed by atoms with van der Waals surface area (Å²) in [5.41, 5.74) is 2.81. The minimum Gasteiger partial charge on any atom is -0.496 e. The Morgan fingerprint density at radius 2 is 1.78 bits per heavy atom. The van der Waals surface area contributed by atoms with Crippen LogP contribution in [-0.4, -0.2) is 19.6 Å². The number of carbonyl (C=O) groups is 1. The van der Waals surface area contributed by atoms with Gasteiger partial charge in [-0.3, -0.25) is 4.79 Å². The molecular formula is C23H31NO3. The standard InChI is InChI=1S/C23H31NO3/c1-17-13-14-18(2)21(16-17)27-15-9-8-12-22(25)24-23(3,4)19-10-6-7-11-20(19)26-5/h6-7,10-11,13-14,16H,8-9,12,15H2,1-5H3,(H,24,25). The van der Waals surface area contributed by atoms with E-state index in [9.17, 15) is 4.79 Å². The van der Waals surface area contributed by atoms with Crippen LogP contribution in [0.3, 0.4) is 0 Å². The molecule has 0 fully saturated rings. The fourth-order valence-corrected chi connectivity index (χ4v) is 3.07. The van der Waals surface area contributed by atoms with Crippen LogP contribution in [0.1, 0.15) is 49.8 Å². The molecule has 1 amide bonds. The Bertz CT molecular complexity index is 768. The van der Waals surface area contributed by atoms with E-state index in [1.165, 1.54) is 5.56 Å². The zero-order chi connectivity index (χ0) is 19.9. The maximum absolute atomic E-state index is 12.4. The van der Waals surface area contributed by atoms with Crippen LogP contribution < -0.4 is 14.8 Å². The second kappa shape index (κ2) is 9.45. The average Bonchev–Trinajstić information content (AvgIpc) is 2.63. The lowest BCUT2D eigenvalue weighted by molar-refractivity contribution is -0.122. The minimum absolute atomic E-state index is 0.0395. The highest BCUT2D eigenvalue weighted by Gasteiger charge is 2.25. The second-order valence-electron chi connectivity index (χ2n) is 7.45. The molecule has 2 rings (SSSR count). The zero-order valence-electron chi connectivity index (χ0n) is 17.1. The van der Waals surface area contributed by atoms with E-state index in [-0.39, 0.29) is 5.91 Å². The van der Waals surface area contributed by atoms with Crippen LogP contribution in [0.2, 0.25) is 0 Å². The molecule has 27 heavy (non-hydrogen) atoms. The van der Waals surface area contributed by atoms with Crippen LogP contribution >= 0.6 is 0 Å². The lowest BCUT2D eigenvalue weighted by atomic mass is 9.93. The van der Waals surface area contributed by atoms with Crippen LogP contribution in [0.4, 0.5) is 0 Å². The number of methoxy groups -OCH3 is 1. The highest BCUT2D eigenvalue weighted by molar-refractivity contribution is 5.77. The van der Waals surface area contributed by atoms with Gasteiger partial charge in [0.05, 0.1) is 19.3 Å². The van der Waals surface area contributed by atoms with Crippen LogP contribution in [-0.2, 0) is 10.3 Å².